The molecule has 2 N–H and O–H groups in total. The molecular formula is C24H30N2O7. The SMILES string of the molecule is CC(C)(C)OC(=O)N1CCC1=O.O=C(O)CNC(=O)OCc1ccccc1.c1ccccc1. The van der Waals surface area contributed by atoms with Crippen LogP contribution in [0.1, 0.15) is 32.8 Å². The van der Waals surface area contributed by atoms with Crippen LogP contribution in [0.2, 0.25) is 0 Å². The van der Waals surface area contributed by atoms with Crippen molar-refractivity contribution in [2.45, 2.75) is 39.4 Å². The number of nitrogens with zero attached hydrogens (tertiary/aromatic N) is 1. The number of nitrogens with one attached hydrogen (secondary N) is 1. The lowest BCUT2D eigenvalue weighted by Gasteiger charge is -2.30. The molecule has 0 unspecified atom stereocenters. The molecule has 3 amide bonds. The minimum atomic E-state index is -1.10. The number of hydrogen-bond acceptors (Lipinski definition) is 6. The molecule has 9 nitrogen and oxygen atoms in total. The Labute approximate surface area is 193 Å². The molecule has 0 aliphatic carbocycles. The number of rotatable bonds is 4. The quantitative estimate of drug-likeness (QED) is 0.668. The third-order valence-electron chi connectivity index (χ3n) is 3.73. The van der Waals surface area contributed by atoms with Crippen LogP contribution in [-0.2, 0) is 25.7 Å². The van der Waals surface area contributed by atoms with Crippen LogP contribution in [0.5, 0.6) is 0 Å². The fourth-order valence-electron chi connectivity index (χ4n) is 2.13. The van der Waals surface area contributed by atoms with E-state index in [1.807, 2.05) is 66.7 Å². The summed E-state index contributed by atoms with van der Waals surface area (Å²) in [6.45, 7) is 5.51. The summed E-state index contributed by atoms with van der Waals surface area (Å²) in [6.07, 6.45) is -0.806. The molecule has 1 aliphatic heterocycles. The Morgan fingerprint density at radius 1 is 0.970 bits per heavy atom. The van der Waals surface area contributed by atoms with Crippen molar-refractivity contribution in [1.29, 1.82) is 0 Å². The fourth-order valence-corrected chi connectivity index (χ4v) is 2.13. The molecule has 0 spiro atoms. The molecular weight excluding hydrogens is 428 g/mol. The van der Waals surface area contributed by atoms with Gasteiger partial charge in [-0.1, -0.05) is 66.7 Å². The highest BCUT2D eigenvalue weighted by atomic mass is 16.6. The first-order valence-corrected chi connectivity index (χ1v) is 10.3. The summed E-state index contributed by atoms with van der Waals surface area (Å²) in [4.78, 5) is 44.1. The van der Waals surface area contributed by atoms with E-state index in [0.717, 1.165) is 10.5 Å². The number of carboxylic acid groups (broad SMARTS) is 1. The number of ether oxygens (including phenoxy) is 2. The number of hydrogen-bond donors (Lipinski definition) is 2. The first-order valence-electron chi connectivity index (χ1n) is 10.3. The lowest BCUT2D eigenvalue weighted by atomic mass is 10.2. The van der Waals surface area contributed by atoms with Gasteiger partial charge in [0.15, 0.2) is 0 Å². The van der Waals surface area contributed by atoms with E-state index in [9.17, 15) is 19.2 Å². The van der Waals surface area contributed by atoms with Gasteiger partial charge in [-0.25, -0.2) is 14.5 Å². The van der Waals surface area contributed by atoms with Gasteiger partial charge in [-0.15, -0.1) is 0 Å². The van der Waals surface area contributed by atoms with Crippen LogP contribution in [0.15, 0.2) is 66.7 Å². The van der Waals surface area contributed by atoms with E-state index in [0.29, 0.717) is 13.0 Å². The Balaban J connectivity index is 0.000000268. The molecule has 3 rings (SSSR count). The molecule has 2 aromatic carbocycles. The zero-order valence-corrected chi connectivity index (χ0v) is 19.0. The van der Waals surface area contributed by atoms with E-state index in [1.54, 1.807) is 20.8 Å². The molecule has 0 radical (unpaired) electrons. The molecule has 2 aromatic rings. The maximum atomic E-state index is 11.1. The molecule has 1 saturated heterocycles. The van der Waals surface area contributed by atoms with E-state index in [2.05, 4.69) is 5.32 Å². The number of β-lactam (4-membered cyclic amide) rings is 1. The largest absolute Gasteiger partial charge is 0.480 e. The lowest BCUT2D eigenvalue weighted by Crippen LogP contribution is -2.49. The van der Waals surface area contributed by atoms with Crippen molar-refractivity contribution in [3.8, 4) is 0 Å². The summed E-state index contributed by atoms with van der Waals surface area (Å²) in [5.74, 6) is -1.25. The van der Waals surface area contributed by atoms with E-state index in [1.165, 1.54) is 0 Å². The molecule has 1 aliphatic rings. The summed E-state index contributed by atoms with van der Waals surface area (Å²) >= 11 is 0. The number of alkyl carbamates (subject to hydrolysis) is 1. The first kappa shape index (κ1) is 27.2. The maximum Gasteiger partial charge on any atom is 0.417 e. The van der Waals surface area contributed by atoms with Gasteiger partial charge in [0.2, 0.25) is 5.91 Å². The minimum Gasteiger partial charge on any atom is -0.480 e. The van der Waals surface area contributed by atoms with Crippen molar-refractivity contribution in [2.75, 3.05) is 13.1 Å². The number of aliphatic carboxylic acids is 1. The number of likely N-dealkylation sites (tertiary alicyclic amines) is 1. The van der Waals surface area contributed by atoms with Crippen LogP contribution < -0.4 is 5.32 Å². The highest BCUT2D eigenvalue weighted by Gasteiger charge is 2.33. The van der Waals surface area contributed by atoms with Crippen LogP contribution in [0, 0.1) is 0 Å². The highest BCUT2D eigenvalue weighted by Crippen LogP contribution is 2.15. The maximum absolute atomic E-state index is 11.1. The Hall–Kier alpha value is -3.88. The van der Waals surface area contributed by atoms with E-state index < -0.39 is 30.3 Å². The van der Waals surface area contributed by atoms with Crippen LogP contribution in [-0.4, -0.2) is 52.8 Å². The van der Waals surface area contributed by atoms with Gasteiger partial charge in [-0.3, -0.25) is 9.59 Å². The second-order valence-corrected chi connectivity index (χ2v) is 7.74. The summed E-state index contributed by atoms with van der Waals surface area (Å²) in [5.41, 5.74) is 0.329. The summed E-state index contributed by atoms with van der Waals surface area (Å²) in [7, 11) is 0. The topological polar surface area (TPSA) is 122 Å². The Bertz CT molecular complexity index is 854. The van der Waals surface area contributed by atoms with Crippen molar-refractivity contribution >= 4 is 24.1 Å². The summed E-state index contributed by atoms with van der Waals surface area (Å²) in [6, 6.07) is 21.1. The van der Waals surface area contributed by atoms with Crippen LogP contribution in [0.25, 0.3) is 0 Å². The normalized spacial score (nSPS) is 12.0. The Morgan fingerprint density at radius 3 is 1.88 bits per heavy atom. The molecule has 0 atom stereocenters. The highest BCUT2D eigenvalue weighted by molar-refractivity contribution is 5.96. The van der Waals surface area contributed by atoms with Crippen molar-refractivity contribution in [3.63, 3.8) is 0 Å². The Morgan fingerprint density at radius 2 is 1.48 bits per heavy atom. The van der Waals surface area contributed by atoms with Gasteiger partial charge in [0.1, 0.15) is 18.8 Å². The predicted molar refractivity (Wildman–Crippen MR) is 121 cm³/mol. The number of benzene rings is 2. The third-order valence-corrected chi connectivity index (χ3v) is 3.73. The zero-order chi connectivity index (χ0) is 24.7. The second kappa shape index (κ2) is 14.2. The van der Waals surface area contributed by atoms with Crippen molar-refractivity contribution < 1.29 is 33.8 Å². The molecule has 1 heterocycles. The molecule has 0 aromatic heterocycles. The molecule has 0 bridgehead atoms. The van der Waals surface area contributed by atoms with Gasteiger partial charge in [-0.2, -0.15) is 0 Å². The summed E-state index contributed by atoms with van der Waals surface area (Å²) < 4.78 is 9.74. The van der Waals surface area contributed by atoms with Crippen LogP contribution in [0.3, 0.4) is 0 Å². The van der Waals surface area contributed by atoms with E-state index in [4.69, 9.17) is 14.6 Å². The number of amides is 3. The number of carboxylic acids is 1. The van der Waals surface area contributed by atoms with Gasteiger partial charge in [0.05, 0.1) is 0 Å². The van der Waals surface area contributed by atoms with Crippen molar-refractivity contribution in [2.24, 2.45) is 0 Å². The second-order valence-electron chi connectivity index (χ2n) is 7.74. The molecule has 33 heavy (non-hydrogen) atoms. The Kier molecular flexibility index (Phi) is 11.7. The average molecular weight is 459 g/mol. The predicted octanol–water partition coefficient (Wildman–Crippen LogP) is 3.84. The molecule has 0 saturated carbocycles. The standard InChI is InChI=1S/C10H11NO4.C8H13NO3.C6H6/c12-9(13)6-11-10(14)15-7-8-4-2-1-3-5-8;1-8(2,3)12-7(11)9-5-4-6(9)10;1-2-4-6-5-3-1/h1-5H,6-7H2,(H,11,14)(H,12,13);4-5H2,1-3H3;1-6H. The molecule has 178 valence electrons. The average Bonchev–Trinajstić information content (AvgIpc) is 2.76. The number of carbonyl (C=O) groups excluding carboxylic acids is 3. The van der Waals surface area contributed by atoms with Crippen LogP contribution >= 0.6 is 0 Å². The van der Waals surface area contributed by atoms with Gasteiger partial charge >= 0.3 is 18.2 Å². The smallest absolute Gasteiger partial charge is 0.417 e. The van der Waals surface area contributed by atoms with Gasteiger partial charge < -0.3 is 19.9 Å². The van der Waals surface area contributed by atoms with Gasteiger partial charge in [0.25, 0.3) is 0 Å². The third kappa shape index (κ3) is 13.2. The van der Waals surface area contributed by atoms with E-state index >= 15 is 0 Å². The first-order chi connectivity index (χ1) is 15.6. The minimum absolute atomic E-state index is 0.131. The zero-order valence-electron chi connectivity index (χ0n) is 19.0. The van der Waals surface area contributed by atoms with E-state index in [-0.39, 0.29) is 12.5 Å². The lowest BCUT2D eigenvalue weighted by molar-refractivity contribution is -0.138. The number of carbonyl (C=O) groups is 4. The van der Waals surface area contributed by atoms with Crippen molar-refractivity contribution in [1.82, 2.24) is 10.2 Å². The van der Waals surface area contributed by atoms with Crippen molar-refractivity contribution in [3.05, 3.63) is 72.3 Å². The number of imide groups is 1. The van der Waals surface area contributed by atoms with Gasteiger partial charge in [-0.05, 0) is 26.3 Å². The molecule has 9 heteroatoms. The van der Waals surface area contributed by atoms with Crippen LogP contribution in [0.4, 0.5) is 9.59 Å². The monoisotopic (exact) mass is 458 g/mol. The summed E-state index contributed by atoms with van der Waals surface area (Å²) in [5, 5.41) is 10.4. The van der Waals surface area contributed by atoms with Gasteiger partial charge in [0, 0.05) is 13.0 Å². The molecule has 1 fully saturated rings. The fraction of sp³-hybridized carbons (Fsp3) is 0.333.